The molecule has 0 radical (unpaired) electrons. The highest BCUT2D eigenvalue weighted by Gasteiger charge is 2.33. The molecule has 2 heterocycles. The van der Waals surface area contributed by atoms with Gasteiger partial charge in [-0.3, -0.25) is 0 Å². The first-order valence-electron chi connectivity index (χ1n) is 6.20. The van der Waals surface area contributed by atoms with Crippen LogP contribution in [-0.4, -0.2) is 47.7 Å². The molecule has 0 aromatic carbocycles. The van der Waals surface area contributed by atoms with Crippen LogP contribution in [0.25, 0.3) is 0 Å². The molecule has 1 atom stereocenters. The quantitative estimate of drug-likeness (QED) is 0.890. The van der Waals surface area contributed by atoms with Crippen LogP contribution in [0, 0.1) is 0 Å². The summed E-state index contributed by atoms with van der Waals surface area (Å²) in [4.78, 5) is 6.12. The third-order valence-electron chi connectivity index (χ3n) is 3.19. The summed E-state index contributed by atoms with van der Waals surface area (Å²) in [6.07, 6.45) is 1.59. The van der Waals surface area contributed by atoms with E-state index in [1.165, 1.54) is 0 Å². The van der Waals surface area contributed by atoms with E-state index in [4.69, 9.17) is 5.11 Å². The van der Waals surface area contributed by atoms with Gasteiger partial charge < -0.3 is 10.0 Å². The molecule has 7 heteroatoms. The first-order valence-corrected chi connectivity index (χ1v) is 9.07. The third kappa shape index (κ3) is 3.21. The van der Waals surface area contributed by atoms with Crippen LogP contribution in [0.15, 0.2) is 18.3 Å². The standard InChI is InChI=1S/C12H18N2O3S2/c1-2-19(16,17)12-9-18-6-5-14(12)11-4-3-10(8-15)7-13-11/h3-4,7,12,15H,2,5-6,8-9H2,1H3. The van der Waals surface area contributed by atoms with Gasteiger partial charge in [0.05, 0.1) is 6.61 Å². The van der Waals surface area contributed by atoms with Crippen molar-refractivity contribution in [1.29, 1.82) is 0 Å². The van der Waals surface area contributed by atoms with E-state index in [0.29, 0.717) is 18.1 Å². The fourth-order valence-corrected chi connectivity index (χ4v) is 4.99. The Balaban J connectivity index is 2.28. The average Bonchev–Trinajstić information content (AvgIpc) is 2.47. The molecule has 1 aromatic rings. The van der Waals surface area contributed by atoms with Crippen LogP contribution >= 0.6 is 11.8 Å². The van der Waals surface area contributed by atoms with Gasteiger partial charge in [0, 0.05) is 30.0 Å². The Kier molecular flexibility index (Phi) is 4.70. The minimum atomic E-state index is -3.12. The highest BCUT2D eigenvalue weighted by Crippen LogP contribution is 2.26. The average molecular weight is 302 g/mol. The van der Waals surface area contributed by atoms with Crippen molar-refractivity contribution in [2.45, 2.75) is 18.9 Å². The van der Waals surface area contributed by atoms with E-state index < -0.39 is 15.2 Å². The number of anilines is 1. The normalized spacial score (nSPS) is 20.5. The number of aliphatic hydroxyl groups is 1. The molecule has 1 saturated heterocycles. The SMILES string of the molecule is CCS(=O)(=O)C1CSCCN1c1ccc(CO)cn1. The number of aliphatic hydroxyl groups excluding tert-OH is 1. The molecule has 0 spiro atoms. The summed E-state index contributed by atoms with van der Waals surface area (Å²) in [5.74, 6) is 2.29. The van der Waals surface area contributed by atoms with Crippen LogP contribution < -0.4 is 4.90 Å². The van der Waals surface area contributed by atoms with Crippen LogP contribution in [0.3, 0.4) is 0 Å². The predicted molar refractivity (Wildman–Crippen MR) is 78.1 cm³/mol. The smallest absolute Gasteiger partial charge is 0.171 e. The molecule has 1 aromatic heterocycles. The van der Waals surface area contributed by atoms with Crippen LogP contribution in [0.5, 0.6) is 0 Å². The molecule has 2 rings (SSSR count). The summed E-state index contributed by atoms with van der Waals surface area (Å²) in [5, 5.41) is 8.51. The number of hydrogen-bond donors (Lipinski definition) is 1. The summed E-state index contributed by atoms with van der Waals surface area (Å²) in [6.45, 7) is 2.30. The summed E-state index contributed by atoms with van der Waals surface area (Å²) >= 11 is 1.66. The van der Waals surface area contributed by atoms with E-state index in [-0.39, 0.29) is 12.4 Å². The topological polar surface area (TPSA) is 70.5 Å². The molecular formula is C12H18N2O3S2. The molecule has 1 aliphatic rings. The van der Waals surface area contributed by atoms with Crippen LogP contribution in [0.4, 0.5) is 5.82 Å². The first kappa shape index (κ1) is 14.6. The minimum absolute atomic E-state index is 0.0557. The fourth-order valence-electron chi connectivity index (χ4n) is 2.01. The minimum Gasteiger partial charge on any atom is -0.392 e. The first-order chi connectivity index (χ1) is 9.08. The van der Waals surface area contributed by atoms with E-state index in [2.05, 4.69) is 4.98 Å². The van der Waals surface area contributed by atoms with Crippen molar-refractivity contribution in [2.75, 3.05) is 28.7 Å². The largest absolute Gasteiger partial charge is 0.392 e. The fraction of sp³-hybridized carbons (Fsp3) is 0.583. The lowest BCUT2D eigenvalue weighted by Gasteiger charge is -2.35. The van der Waals surface area contributed by atoms with Crippen molar-refractivity contribution in [3.63, 3.8) is 0 Å². The molecule has 5 nitrogen and oxygen atoms in total. The van der Waals surface area contributed by atoms with Crippen molar-refractivity contribution in [3.8, 4) is 0 Å². The zero-order chi connectivity index (χ0) is 13.9. The Morgan fingerprint density at radius 1 is 1.53 bits per heavy atom. The Bertz CT molecular complexity index is 516. The molecule has 0 saturated carbocycles. The Morgan fingerprint density at radius 3 is 2.89 bits per heavy atom. The zero-order valence-corrected chi connectivity index (χ0v) is 12.5. The highest BCUT2D eigenvalue weighted by atomic mass is 32.2. The summed E-state index contributed by atoms with van der Waals surface area (Å²) in [6, 6.07) is 3.55. The van der Waals surface area contributed by atoms with Gasteiger partial charge in [0.2, 0.25) is 0 Å². The van der Waals surface area contributed by atoms with E-state index in [1.807, 2.05) is 4.90 Å². The zero-order valence-electron chi connectivity index (χ0n) is 10.8. The molecule has 0 aliphatic carbocycles. The van der Waals surface area contributed by atoms with Crippen LogP contribution in [0.2, 0.25) is 0 Å². The van der Waals surface area contributed by atoms with Gasteiger partial charge in [0.15, 0.2) is 9.84 Å². The van der Waals surface area contributed by atoms with Crippen LogP contribution in [0.1, 0.15) is 12.5 Å². The van der Waals surface area contributed by atoms with Crippen molar-refractivity contribution < 1.29 is 13.5 Å². The maximum Gasteiger partial charge on any atom is 0.171 e. The van der Waals surface area contributed by atoms with Gasteiger partial charge >= 0.3 is 0 Å². The van der Waals surface area contributed by atoms with Crippen LogP contribution in [-0.2, 0) is 16.4 Å². The van der Waals surface area contributed by atoms with E-state index in [1.54, 1.807) is 37.0 Å². The van der Waals surface area contributed by atoms with Gasteiger partial charge in [-0.25, -0.2) is 13.4 Å². The second-order valence-corrected chi connectivity index (χ2v) is 7.95. The predicted octanol–water partition coefficient (Wildman–Crippen LogP) is 0.888. The van der Waals surface area contributed by atoms with E-state index in [9.17, 15) is 8.42 Å². The van der Waals surface area contributed by atoms with Gasteiger partial charge in [-0.05, 0) is 11.6 Å². The van der Waals surface area contributed by atoms with Crippen molar-refractivity contribution in [2.24, 2.45) is 0 Å². The molecule has 1 fully saturated rings. The van der Waals surface area contributed by atoms with Gasteiger partial charge in [0.1, 0.15) is 11.2 Å². The van der Waals surface area contributed by atoms with Crippen molar-refractivity contribution in [3.05, 3.63) is 23.9 Å². The second-order valence-electron chi connectivity index (χ2n) is 4.36. The maximum atomic E-state index is 12.1. The Morgan fingerprint density at radius 2 is 2.32 bits per heavy atom. The molecule has 1 aliphatic heterocycles. The maximum absolute atomic E-state index is 12.1. The van der Waals surface area contributed by atoms with Gasteiger partial charge in [0.25, 0.3) is 0 Å². The molecule has 106 valence electrons. The summed E-state index contributed by atoms with van der Waals surface area (Å²) in [7, 11) is -3.12. The molecular weight excluding hydrogens is 284 g/mol. The molecule has 0 amide bonds. The van der Waals surface area contributed by atoms with Crippen molar-refractivity contribution in [1.82, 2.24) is 4.98 Å². The molecule has 1 unspecified atom stereocenters. The molecule has 0 bridgehead atoms. The number of rotatable bonds is 4. The lowest BCUT2D eigenvalue weighted by molar-refractivity contribution is 0.281. The van der Waals surface area contributed by atoms with Gasteiger partial charge in [-0.15, -0.1) is 0 Å². The number of nitrogens with zero attached hydrogens (tertiary/aromatic N) is 2. The van der Waals surface area contributed by atoms with E-state index >= 15 is 0 Å². The third-order valence-corrected chi connectivity index (χ3v) is 6.48. The number of hydrogen-bond acceptors (Lipinski definition) is 6. The molecule has 1 N–H and O–H groups in total. The van der Waals surface area contributed by atoms with E-state index in [0.717, 1.165) is 11.3 Å². The second kappa shape index (κ2) is 6.11. The Hall–Kier alpha value is -0.790. The Labute approximate surface area is 118 Å². The van der Waals surface area contributed by atoms with Crippen molar-refractivity contribution >= 4 is 27.4 Å². The van der Waals surface area contributed by atoms with Gasteiger partial charge in [-0.1, -0.05) is 13.0 Å². The lowest BCUT2D eigenvalue weighted by atomic mass is 10.3. The molecule has 19 heavy (non-hydrogen) atoms. The highest BCUT2D eigenvalue weighted by molar-refractivity contribution is 8.01. The van der Waals surface area contributed by atoms with Gasteiger partial charge in [-0.2, -0.15) is 11.8 Å². The lowest BCUT2D eigenvalue weighted by Crippen LogP contribution is -2.48. The number of aromatic nitrogens is 1. The summed E-state index contributed by atoms with van der Waals surface area (Å²) < 4.78 is 24.3. The number of pyridine rings is 1. The number of thioether (sulfide) groups is 1. The monoisotopic (exact) mass is 302 g/mol. The number of sulfone groups is 1. The summed E-state index contributed by atoms with van der Waals surface area (Å²) in [5.41, 5.74) is 0.727.